The first kappa shape index (κ1) is 17.7. The van der Waals surface area contributed by atoms with Gasteiger partial charge in [-0.2, -0.15) is 0 Å². The van der Waals surface area contributed by atoms with Crippen molar-refractivity contribution >= 4 is 17.5 Å². The molecule has 4 rings (SSSR count). The second kappa shape index (κ2) is 7.88. The van der Waals surface area contributed by atoms with Gasteiger partial charge in [0.1, 0.15) is 5.76 Å². The van der Waals surface area contributed by atoms with Gasteiger partial charge in [0.15, 0.2) is 5.89 Å². The normalized spacial score (nSPS) is 17.1. The molecule has 0 spiro atoms. The molecular weight excluding hydrogens is 364 g/mol. The van der Waals surface area contributed by atoms with Crippen LogP contribution in [0.2, 0.25) is 5.02 Å². The van der Waals surface area contributed by atoms with Crippen molar-refractivity contribution in [3.63, 3.8) is 0 Å². The predicted octanol–water partition coefficient (Wildman–Crippen LogP) is 3.73. The monoisotopic (exact) mass is 382 g/mol. The topological polar surface area (TPSA) is 72.1 Å². The molecule has 2 aromatic heterocycles. The maximum Gasteiger partial charge on any atom is 0.291 e. The molecule has 7 heteroatoms. The summed E-state index contributed by atoms with van der Waals surface area (Å²) >= 11 is 6.22. The molecule has 1 aromatic carbocycles. The molecule has 0 radical (unpaired) electrons. The zero-order valence-corrected chi connectivity index (χ0v) is 15.5. The zero-order valence-electron chi connectivity index (χ0n) is 14.7. The Morgan fingerprint density at radius 3 is 2.81 bits per heavy atom. The first-order chi connectivity index (χ1) is 13.2. The SMILES string of the molecule is O=C(c1ncccn1)N1CCC[C@@H](c2ncc(Cc3ccccc3Cl)o2)C1. The van der Waals surface area contributed by atoms with Crippen LogP contribution in [0.25, 0.3) is 0 Å². The fraction of sp³-hybridized carbons (Fsp3) is 0.300. The van der Waals surface area contributed by atoms with E-state index in [-0.39, 0.29) is 17.6 Å². The molecular formula is C20H19ClN4O2. The summed E-state index contributed by atoms with van der Waals surface area (Å²) in [5.74, 6) is 1.59. The smallest absolute Gasteiger partial charge is 0.291 e. The molecule has 138 valence electrons. The number of carbonyl (C=O) groups excluding carboxylic acids is 1. The van der Waals surface area contributed by atoms with E-state index in [2.05, 4.69) is 15.0 Å². The maximum atomic E-state index is 12.6. The molecule has 6 nitrogen and oxygen atoms in total. The van der Waals surface area contributed by atoms with Crippen LogP contribution in [0.5, 0.6) is 0 Å². The zero-order chi connectivity index (χ0) is 18.6. The van der Waals surface area contributed by atoms with Crippen LogP contribution in [-0.2, 0) is 6.42 Å². The molecule has 1 amide bonds. The van der Waals surface area contributed by atoms with E-state index in [0.717, 1.165) is 24.2 Å². The molecule has 1 aliphatic rings. The largest absolute Gasteiger partial charge is 0.445 e. The maximum absolute atomic E-state index is 12.6. The number of halogens is 1. The first-order valence-electron chi connectivity index (χ1n) is 8.95. The average Bonchev–Trinajstić information content (AvgIpc) is 3.19. The highest BCUT2D eigenvalue weighted by Gasteiger charge is 2.29. The minimum Gasteiger partial charge on any atom is -0.445 e. The van der Waals surface area contributed by atoms with Crippen molar-refractivity contribution in [3.8, 4) is 0 Å². The molecule has 1 fully saturated rings. The van der Waals surface area contributed by atoms with Gasteiger partial charge in [-0.15, -0.1) is 0 Å². The number of piperidine rings is 1. The lowest BCUT2D eigenvalue weighted by Gasteiger charge is -2.30. The van der Waals surface area contributed by atoms with Crippen LogP contribution in [0.1, 0.15) is 46.6 Å². The van der Waals surface area contributed by atoms with Gasteiger partial charge in [-0.05, 0) is 30.5 Å². The van der Waals surface area contributed by atoms with Gasteiger partial charge in [0.25, 0.3) is 5.91 Å². The van der Waals surface area contributed by atoms with Crippen molar-refractivity contribution in [1.82, 2.24) is 19.9 Å². The van der Waals surface area contributed by atoms with Gasteiger partial charge < -0.3 is 9.32 Å². The third kappa shape index (κ3) is 4.01. The van der Waals surface area contributed by atoms with Crippen molar-refractivity contribution < 1.29 is 9.21 Å². The van der Waals surface area contributed by atoms with E-state index < -0.39 is 0 Å². The van der Waals surface area contributed by atoms with Crippen molar-refractivity contribution in [2.75, 3.05) is 13.1 Å². The number of hydrogen-bond donors (Lipinski definition) is 0. The standard InChI is InChI=1S/C20H19ClN4O2/c21-17-7-2-1-5-14(17)11-16-12-24-19(27-16)15-6-3-10-25(13-15)20(26)18-22-8-4-9-23-18/h1-2,4-5,7-9,12,15H,3,6,10-11,13H2/t15-/m1/s1. The number of aromatic nitrogens is 3. The Kier molecular flexibility index (Phi) is 5.16. The lowest BCUT2D eigenvalue weighted by molar-refractivity contribution is 0.0685. The molecule has 0 unspecified atom stereocenters. The molecule has 3 aromatic rings. The van der Waals surface area contributed by atoms with Gasteiger partial charge in [-0.3, -0.25) is 4.79 Å². The second-order valence-corrected chi connectivity index (χ2v) is 7.00. The van der Waals surface area contributed by atoms with E-state index in [4.69, 9.17) is 16.0 Å². The van der Waals surface area contributed by atoms with Crippen LogP contribution >= 0.6 is 11.6 Å². The van der Waals surface area contributed by atoms with Crippen LogP contribution in [0, 0.1) is 0 Å². The Bertz CT molecular complexity index is 928. The Morgan fingerprint density at radius 2 is 2.00 bits per heavy atom. The third-order valence-electron chi connectivity index (χ3n) is 4.71. The Labute approximate surface area is 162 Å². The molecule has 1 aliphatic heterocycles. The molecule has 0 saturated carbocycles. The number of hydrogen-bond acceptors (Lipinski definition) is 5. The molecule has 1 atom stereocenters. The Morgan fingerprint density at radius 1 is 1.19 bits per heavy atom. The number of nitrogens with zero attached hydrogens (tertiary/aromatic N) is 4. The Balaban J connectivity index is 1.45. The second-order valence-electron chi connectivity index (χ2n) is 6.60. The summed E-state index contributed by atoms with van der Waals surface area (Å²) in [5.41, 5.74) is 1.00. The van der Waals surface area contributed by atoms with Crippen LogP contribution < -0.4 is 0 Å². The van der Waals surface area contributed by atoms with Crippen molar-refractivity contribution in [2.24, 2.45) is 0 Å². The molecule has 3 heterocycles. The summed E-state index contributed by atoms with van der Waals surface area (Å²) in [7, 11) is 0. The number of amides is 1. The van der Waals surface area contributed by atoms with Crippen LogP contribution in [0.3, 0.4) is 0 Å². The van der Waals surface area contributed by atoms with Gasteiger partial charge in [0.2, 0.25) is 5.82 Å². The summed E-state index contributed by atoms with van der Waals surface area (Å²) in [6.45, 7) is 1.25. The summed E-state index contributed by atoms with van der Waals surface area (Å²) in [4.78, 5) is 26.9. The quantitative estimate of drug-likeness (QED) is 0.687. The number of carbonyl (C=O) groups is 1. The van der Waals surface area contributed by atoms with Gasteiger partial charge >= 0.3 is 0 Å². The van der Waals surface area contributed by atoms with E-state index >= 15 is 0 Å². The fourth-order valence-corrected chi connectivity index (χ4v) is 3.54. The van der Waals surface area contributed by atoms with E-state index in [1.54, 1.807) is 29.6 Å². The number of likely N-dealkylation sites (tertiary alicyclic amines) is 1. The summed E-state index contributed by atoms with van der Waals surface area (Å²) in [6.07, 6.45) is 7.34. The molecule has 1 saturated heterocycles. The van der Waals surface area contributed by atoms with E-state index in [1.807, 2.05) is 24.3 Å². The van der Waals surface area contributed by atoms with E-state index in [1.165, 1.54) is 0 Å². The van der Waals surface area contributed by atoms with Crippen LogP contribution in [-0.4, -0.2) is 38.8 Å². The van der Waals surface area contributed by atoms with Gasteiger partial charge in [0, 0.05) is 36.9 Å². The average molecular weight is 383 g/mol. The van der Waals surface area contributed by atoms with Gasteiger partial charge in [-0.25, -0.2) is 15.0 Å². The third-order valence-corrected chi connectivity index (χ3v) is 5.08. The van der Waals surface area contributed by atoms with Crippen molar-refractivity contribution in [2.45, 2.75) is 25.2 Å². The highest BCUT2D eigenvalue weighted by Crippen LogP contribution is 2.28. The highest BCUT2D eigenvalue weighted by atomic mass is 35.5. The number of benzene rings is 1. The summed E-state index contributed by atoms with van der Waals surface area (Å²) in [5, 5.41) is 0.716. The summed E-state index contributed by atoms with van der Waals surface area (Å²) in [6, 6.07) is 9.40. The van der Waals surface area contributed by atoms with Crippen molar-refractivity contribution in [3.05, 3.63) is 77.0 Å². The molecule has 0 aliphatic carbocycles. The van der Waals surface area contributed by atoms with Crippen LogP contribution in [0.4, 0.5) is 0 Å². The number of oxazole rings is 1. The molecule has 0 N–H and O–H groups in total. The highest BCUT2D eigenvalue weighted by molar-refractivity contribution is 6.31. The Hall–Kier alpha value is -2.73. The molecule has 0 bridgehead atoms. The van der Waals surface area contributed by atoms with E-state index in [0.29, 0.717) is 30.4 Å². The van der Waals surface area contributed by atoms with Gasteiger partial charge in [-0.1, -0.05) is 29.8 Å². The van der Waals surface area contributed by atoms with Crippen LogP contribution in [0.15, 0.2) is 53.3 Å². The number of rotatable bonds is 4. The van der Waals surface area contributed by atoms with E-state index in [9.17, 15) is 4.79 Å². The minimum absolute atomic E-state index is 0.0754. The predicted molar refractivity (Wildman–Crippen MR) is 101 cm³/mol. The first-order valence-corrected chi connectivity index (χ1v) is 9.33. The van der Waals surface area contributed by atoms with Crippen molar-refractivity contribution in [1.29, 1.82) is 0 Å². The minimum atomic E-state index is -0.150. The fourth-order valence-electron chi connectivity index (χ4n) is 3.34. The molecule has 27 heavy (non-hydrogen) atoms. The van der Waals surface area contributed by atoms with Gasteiger partial charge in [0.05, 0.1) is 12.1 Å². The lowest BCUT2D eigenvalue weighted by Crippen LogP contribution is -2.39. The summed E-state index contributed by atoms with van der Waals surface area (Å²) < 4.78 is 5.98. The lowest BCUT2D eigenvalue weighted by atomic mass is 9.98.